The lowest BCUT2D eigenvalue weighted by atomic mass is 9.86. The Bertz CT molecular complexity index is 1600. The maximum absolute atomic E-state index is 13.8. The average molecular weight is 548 g/mol. The zero-order chi connectivity index (χ0) is 26.4. The van der Waals surface area contributed by atoms with Crippen LogP contribution in [-0.4, -0.2) is 18.4 Å². The predicted octanol–water partition coefficient (Wildman–Crippen LogP) is 6.83. The lowest BCUT2D eigenvalue weighted by Crippen LogP contribution is -2.15. The molecule has 0 saturated carbocycles. The average Bonchev–Trinajstić information content (AvgIpc) is 3.28. The summed E-state index contributed by atoms with van der Waals surface area (Å²) in [7, 11) is -3.95. The van der Waals surface area contributed by atoms with Gasteiger partial charge in [-0.05, 0) is 83.1 Å². The van der Waals surface area contributed by atoms with Crippen LogP contribution >= 0.6 is 11.6 Å². The Morgan fingerprint density at radius 1 is 0.946 bits per heavy atom. The molecule has 1 aromatic heterocycles. The molecule has 1 N–H and O–H groups in total. The molecule has 0 amide bonds. The molecule has 5 rings (SSSR count). The zero-order valence-electron chi connectivity index (χ0n) is 18.9. The lowest BCUT2D eigenvalue weighted by molar-refractivity contribution is -0.137. The normalized spacial score (nSPS) is 15.4. The van der Waals surface area contributed by atoms with E-state index in [9.17, 15) is 26.0 Å². The molecular formula is C26H18ClF4N3O2S. The molecule has 0 bridgehead atoms. The first-order valence-corrected chi connectivity index (χ1v) is 13.0. The first-order chi connectivity index (χ1) is 17.5. The number of halogens is 5. The summed E-state index contributed by atoms with van der Waals surface area (Å²) in [5.41, 5.74) is 2.00. The van der Waals surface area contributed by atoms with E-state index >= 15 is 0 Å². The molecule has 1 aliphatic rings. The van der Waals surface area contributed by atoms with Gasteiger partial charge < -0.3 is 0 Å². The van der Waals surface area contributed by atoms with Gasteiger partial charge in [-0.3, -0.25) is 0 Å². The zero-order valence-corrected chi connectivity index (χ0v) is 20.5. The molecule has 1 heterocycles. The summed E-state index contributed by atoms with van der Waals surface area (Å²) in [4.78, 5) is 7.77. The molecule has 4 aromatic rings. The highest BCUT2D eigenvalue weighted by Gasteiger charge is 2.33. The summed E-state index contributed by atoms with van der Waals surface area (Å²) < 4.78 is 82.4. The van der Waals surface area contributed by atoms with Crippen LogP contribution in [0.3, 0.4) is 0 Å². The molecule has 1 aliphatic carbocycles. The number of nitrogens with one attached hydrogen (secondary N) is 1. The van der Waals surface area contributed by atoms with Crippen LogP contribution in [0.4, 0.5) is 23.5 Å². The summed E-state index contributed by atoms with van der Waals surface area (Å²) >= 11 is 5.94. The van der Waals surface area contributed by atoms with Crippen LogP contribution in [0.25, 0.3) is 11.1 Å². The van der Waals surface area contributed by atoms with Crippen LogP contribution in [-0.2, 0) is 22.6 Å². The van der Waals surface area contributed by atoms with Crippen LogP contribution < -0.4 is 4.72 Å². The Morgan fingerprint density at radius 2 is 1.68 bits per heavy atom. The quantitative estimate of drug-likeness (QED) is 0.278. The van der Waals surface area contributed by atoms with Gasteiger partial charge in [0.15, 0.2) is 0 Å². The van der Waals surface area contributed by atoms with Crippen LogP contribution in [0.5, 0.6) is 0 Å². The van der Waals surface area contributed by atoms with Crippen molar-refractivity contribution >= 4 is 27.6 Å². The van der Waals surface area contributed by atoms with Gasteiger partial charge in [-0.1, -0.05) is 29.8 Å². The van der Waals surface area contributed by atoms with Gasteiger partial charge in [-0.25, -0.2) is 27.5 Å². The number of anilines is 1. The number of rotatable bonds is 5. The minimum absolute atomic E-state index is 0.0253. The van der Waals surface area contributed by atoms with Gasteiger partial charge in [0, 0.05) is 18.3 Å². The summed E-state index contributed by atoms with van der Waals surface area (Å²) in [6, 6.07) is 13.5. The van der Waals surface area contributed by atoms with Gasteiger partial charge in [0.05, 0.1) is 15.5 Å². The van der Waals surface area contributed by atoms with Crippen molar-refractivity contribution in [3.63, 3.8) is 0 Å². The number of hydrogen-bond donors (Lipinski definition) is 1. The van der Waals surface area contributed by atoms with Crippen molar-refractivity contribution in [2.24, 2.45) is 0 Å². The number of alkyl halides is 3. The topological polar surface area (TPSA) is 72.0 Å². The molecule has 0 radical (unpaired) electrons. The van der Waals surface area contributed by atoms with E-state index in [0.717, 1.165) is 29.3 Å². The first-order valence-electron chi connectivity index (χ1n) is 11.1. The third kappa shape index (κ3) is 5.03. The van der Waals surface area contributed by atoms with Crippen LogP contribution in [0, 0.1) is 5.82 Å². The minimum Gasteiger partial charge on any atom is -0.247 e. The number of hydrogen-bond acceptors (Lipinski definition) is 4. The molecule has 0 aliphatic heterocycles. The Morgan fingerprint density at radius 3 is 2.38 bits per heavy atom. The number of benzene rings is 3. The molecule has 11 heteroatoms. The van der Waals surface area contributed by atoms with Gasteiger partial charge in [0.25, 0.3) is 10.0 Å². The van der Waals surface area contributed by atoms with Crippen molar-refractivity contribution in [1.29, 1.82) is 0 Å². The number of aryl methyl sites for hydroxylation is 1. The summed E-state index contributed by atoms with van der Waals surface area (Å²) in [6.45, 7) is 0. The van der Waals surface area contributed by atoms with Crippen molar-refractivity contribution in [2.75, 3.05) is 4.72 Å². The SMILES string of the molecule is O=S(=O)(Nc1ncccn1)c1ccc2c(c1)CC[C@@H]2c1ccc(C(F)(F)F)cc1-c1ccc(F)c(Cl)c1. The molecule has 5 nitrogen and oxygen atoms in total. The monoisotopic (exact) mass is 547 g/mol. The summed E-state index contributed by atoms with van der Waals surface area (Å²) in [5, 5.41) is -0.197. The van der Waals surface area contributed by atoms with Gasteiger partial charge in [-0.2, -0.15) is 13.2 Å². The van der Waals surface area contributed by atoms with Gasteiger partial charge in [-0.15, -0.1) is 0 Å². The Hall–Kier alpha value is -3.50. The van der Waals surface area contributed by atoms with Crippen molar-refractivity contribution in [3.8, 4) is 11.1 Å². The Kier molecular flexibility index (Phi) is 6.41. The van der Waals surface area contributed by atoms with E-state index in [4.69, 9.17) is 11.6 Å². The standard InChI is InChI=1S/C26H18ClF4N3O2S/c27-23-13-16(3-9-24(23)28)22-14-17(26(29,30)31)4-7-21(22)20-6-2-15-12-18(5-8-19(15)20)37(35,36)34-25-32-10-1-11-33-25/h1,3-5,7-14,20H,2,6H2,(H,32,33,34)/t20-/m0/s1. The third-order valence-electron chi connectivity index (χ3n) is 6.28. The maximum atomic E-state index is 13.8. The van der Waals surface area contributed by atoms with Gasteiger partial charge in [0.2, 0.25) is 5.95 Å². The molecule has 3 aromatic carbocycles. The number of sulfonamides is 1. The summed E-state index contributed by atoms with van der Waals surface area (Å²) in [5.74, 6) is -1.03. The second-order valence-electron chi connectivity index (χ2n) is 8.56. The van der Waals surface area contributed by atoms with Crippen molar-refractivity contribution in [2.45, 2.75) is 29.8 Å². The van der Waals surface area contributed by atoms with E-state index in [-0.39, 0.29) is 27.3 Å². The maximum Gasteiger partial charge on any atom is 0.416 e. The minimum atomic E-state index is -4.57. The third-order valence-corrected chi connectivity index (χ3v) is 7.90. The highest BCUT2D eigenvalue weighted by Crippen LogP contribution is 2.45. The Balaban J connectivity index is 1.55. The molecule has 0 unspecified atom stereocenters. The first kappa shape index (κ1) is 25.2. The van der Waals surface area contributed by atoms with E-state index in [0.29, 0.717) is 24.0 Å². The van der Waals surface area contributed by atoms with E-state index in [2.05, 4.69) is 14.7 Å². The molecule has 190 valence electrons. The van der Waals surface area contributed by atoms with Gasteiger partial charge >= 0.3 is 6.18 Å². The van der Waals surface area contributed by atoms with Gasteiger partial charge in [0.1, 0.15) is 5.82 Å². The van der Waals surface area contributed by atoms with Crippen molar-refractivity contribution in [1.82, 2.24) is 9.97 Å². The predicted molar refractivity (Wildman–Crippen MR) is 131 cm³/mol. The van der Waals surface area contributed by atoms with Crippen LogP contribution in [0.1, 0.15) is 34.6 Å². The van der Waals surface area contributed by atoms with Crippen LogP contribution in [0.15, 0.2) is 78.0 Å². The largest absolute Gasteiger partial charge is 0.416 e. The molecule has 1 atom stereocenters. The molecule has 0 spiro atoms. The molecular weight excluding hydrogens is 530 g/mol. The van der Waals surface area contributed by atoms with Crippen molar-refractivity contribution < 1.29 is 26.0 Å². The Labute approximate surface area is 215 Å². The van der Waals surface area contributed by atoms with E-state index in [1.807, 2.05) is 0 Å². The number of fused-ring (bicyclic) bond motifs is 1. The fourth-order valence-electron chi connectivity index (χ4n) is 4.57. The van der Waals surface area contributed by atoms with Crippen LogP contribution in [0.2, 0.25) is 5.02 Å². The van der Waals surface area contributed by atoms with E-state index < -0.39 is 27.6 Å². The van der Waals surface area contributed by atoms with E-state index in [1.165, 1.54) is 36.7 Å². The van der Waals surface area contributed by atoms with E-state index in [1.54, 1.807) is 18.2 Å². The molecule has 0 saturated heterocycles. The highest BCUT2D eigenvalue weighted by molar-refractivity contribution is 7.92. The van der Waals surface area contributed by atoms with Crippen molar-refractivity contribution in [3.05, 3.63) is 106 Å². The fraction of sp³-hybridized carbons (Fsp3) is 0.154. The highest BCUT2D eigenvalue weighted by atomic mass is 35.5. The smallest absolute Gasteiger partial charge is 0.247 e. The number of nitrogens with zero attached hydrogens (tertiary/aromatic N) is 2. The molecule has 37 heavy (non-hydrogen) atoms. The lowest BCUT2D eigenvalue weighted by Gasteiger charge is -2.20. The number of aromatic nitrogens is 2. The fourth-order valence-corrected chi connectivity index (χ4v) is 5.75. The second kappa shape index (κ2) is 9.42. The molecule has 0 fully saturated rings. The second-order valence-corrected chi connectivity index (χ2v) is 10.6. The summed E-state index contributed by atoms with van der Waals surface area (Å²) in [6.07, 6.45) is -0.664.